The second-order valence-corrected chi connectivity index (χ2v) is 3.90. The van der Waals surface area contributed by atoms with Crippen molar-refractivity contribution in [1.29, 1.82) is 5.26 Å². The molecule has 0 amide bonds. The molecule has 0 radical (unpaired) electrons. The highest BCUT2D eigenvalue weighted by Crippen LogP contribution is 2.12. The van der Waals surface area contributed by atoms with E-state index in [0.29, 0.717) is 11.4 Å². The summed E-state index contributed by atoms with van der Waals surface area (Å²) in [6.07, 6.45) is 0. The van der Waals surface area contributed by atoms with Gasteiger partial charge in [-0.05, 0) is 31.2 Å². The normalized spacial score (nSPS) is 10.1. The standard InChI is InChI=1S/C13H12N4O3/c1-3-16-12(18)11(8-14)15-17(13(16)19)9-4-6-10(20-2)7-5-9/h4-7H,3H2,1-2H3. The third-order valence-corrected chi connectivity index (χ3v) is 2.80. The molecular formula is C13H12N4O3. The Labute approximate surface area is 114 Å². The van der Waals surface area contributed by atoms with Crippen LogP contribution in [0.1, 0.15) is 12.6 Å². The second-order valence-electron chi connectivity index (χ2n) is 3.90. The first-order valence-electron chi connectivity index (χ1n) is 5.91. The van der Waals surface area contributed by atoms with E-state index in [9.17, 15) is 9.59 Å². The van der Waals surface area contributed by atoms with Crippen LogP contribution in [0.25, 0.3) is 5.69 Å². The zero-order chi connectivity index (χ0) is 14.7. The van der Waals surface area contributed by atoms with E-state index in [0.717, 1.165) is 9.25 Å². The fourth-order valence-corrected chi connectivity index (χ4v) is 1.76. The highest BCUT2D eigenvalue weighted by atomic mass is 16.5. The van der Waals surface area contributed by atoms with Gasteiger partial charge in [0.05, 0.1) is 12.8 Å². The molecule has 1 heterocycles. The lowest BCUT2D eigenvalue weighted by Gasteiger charge is -2.08. The summed E-state index contributed by atoms with van der Waals surface area (Å²) in [5.74, 6) is 0.631. The number of rotatable bonds is 3. The lowest BCUT2D eigenvalue weighted by atomic mass is 10.3. The molecule has 20 heavy (non-hydrogen) atoms. The number of ether oxygens (including phenoxy) is 1. The first-order chi connectivity index (χ1) is 9.62. The summed E-state index contributed by atoms with van der Waals surface area (Å²) in [5, 5.41) is 12.7. The van der Waals surface area contributed by atoms with Crippen LogP contribution in [0.4, 0.5) is 0 Å². The number of nitrogens with zero attached hydrogens (tertiary/aromatic N) is 4. The van der Waals surface area contributed by atoms with E-state index in [1.54, 1.807) is 37.3 Å². The highest BCUT2D eigenvalue weighted by Gasteiger charge is 2.12. The molecule has 2 rings (SSSR count). The molecule has 2 aromatic rings. The van der Waals surface area contributed by atoms with Crippen LogP contribution in [0.3, 0.4) is 0 Å². The van der Waals surface area contributed by atoms with E-state index in [1.807, 2.05) is 0 Å². The quantitative estimate of drug-likeness (QED) is 0.801. The van der Waals surface area contributed by atoms with Gasteiger partial charge in [-0.2, -0.15) is 9.94 Å². The molecular weight excluding hydrogens is 260 g/mol. The lowest BCUT2D eigenvalue weighted by Crippen LogP contribution is -2.41. The van der Waals surface area contributed by atoms with Gasteiger partial charge in [0.2, 0.25) is 5.69 Å². The maximum Gasteiger partial charge on any atom is 0.352 e. The van der Waals surface area contributed by atoms with Crippen LogP contribution < -0.4 is 16.0 Å². The molecule has 0 spiro atoms. The summed E-state index contributed by atoms with van der Waals surface area (Å²) in [4.78, 5) is 23.9. The van der Waals surface area contributed by atoms with E-state index in [2.05, 4.69) is 5.10 Å². The molecule has 0 bridgehead atoms. The van der Waals surface area contributed by atoms with Gasteiger partial charge in [0.1, 0.15) is 11.8 Å². The van der Waals surface area contributed by atoms with Crippen molar-refractivity contribution in [3.8, 4) is 17.5 Å². The predicted octanol–water partition coefficient (Wildman–Crippen LogP) is 0.294. The molecule has 0 unspecified atom stereocenters. The zero-order valence-corrected chi connectivity index (χ0v) is 11.0. The first-order valence-corrected chi connectivity index (χ1v) is 5.91. The van der Waals surface area contributed by atoms with Crippen LogP contribution in [-0.4, -0.2) is 21.5 Å². The van der Waals surface area contributed by atoms with Crippen molar-refractivity contribution < 1.29 is 4.74 Å². The van der Waals surface area contributed by atoms with E-state index in [1.165, 1.54) is 7.11 Å². The average Bonchev–Trinajstić information content (AvgIpc) is 2.48. The Morgan fingerprint density at radius 1 is 1.30 bits per heavy atom. The molecule has 7 nitrogen and oxygen atoms in total. The Kier molecular flexibility index (Phi) is 3.66. The largest absolute Gasteiger partial charge is 0.497 e. The van der Waals surface area contributed by atoms with Crippen molar-refractivity contribution in [2.24, 2.45) is 0 Å². The van der Waals surface area contributed by atoms with Gasteiger partial charge in [-0.15, -0.1) is 5.10 Å². The summed E-state index contributed by atoms with van der Waals surface area (Å²) >= 11 is 0. The SMILES string of the molecule is CCn1c(=O)c(C#N)nn(-c2ccc(OC)cc2)c1=O. The van der Waals surface area contributed by atoms with E-state index >= 15 is 0 Å². The molecule has 0 aliphatic heterocycles. The van der Waals surface area contributed by atoms with Gasteiger partial charge in [0.25, 0.3) is 5.56 Å². The summed E-state index contributed by atoms with van der Waals surface area (Å²) in [7, 11) is 1.53. The molecule has 7 heteroatoms. The molecule has 1 aromatic carbocycles. The molecule has 0 fully saturated rings. The molecule has 0 saturated carbocycles. The third-order valence-electron chi connectivity index (χ3n) is 2.80. The van der Waals surface area contributed by atoms with Crippen molar-refractivity contribution in [1.82, 2.24) is 14.3 Å². The number of methoxy groups -OCH3 is 1. The van der Waals surface area contributed by atoms with Crippen LogP contribution in [0.5, 0.6) is 5.75 Å². The van der Waals surface area contributed by atoms with Crippen LogP contribution in [0.2, 0.25) is 0 Å². The van der Waals surface area contributed by atoms with Gasteiger partial charge in [0, 0.05) is 6.54 Å². The van der Waals surface area contributed by atoms with Crippen molar-refractivity contribution in [2.45, 2.75) is 13.5 Å². The maximum absolute atomic E-state index is 12.2. The molecule has 0 aliphatic rings. The number of benzene rings is 1. The second kappa shape index (κ2) is 5.40. The van der Waals surface area contributed by atoms with Crippen LogP contribution in [0.15, 0.2) is 33.9 Å². The smallest absolute Gasteiger partial charge is 0.352 e. The number of nitriles is 1. The van der Waals surface area contributed by atoms with Gasteiger partial charge < -0.3 is 4.74 Å². The number of hydrogen-bond donors (Lipinski definition) is 0. The van der Waals surface area contributed by atoms with E-state index < -0.39 is 11.2 Å². The Balaban J connectivity index is 2.71. The minimum Gasteiger partial charge on any atom is -0.497 e. The third kappa shape index (κ3) is 2.19. The van der Waals surface area contributed by atoms with Crippen molar-refractivity contribution in [2.75, 3.05) is 7.11 Å². The van der Waals surface area contributed by atoms with Crippen LogP contribution in [0, 0.1) is 11.3 Å². The van der Waals surface area contributed by atoms with Gasteiger partial charge in [-0.1, -0.05) is 0 Å². The Morgan fingerprint density at radius 2 is 1.95 bits per heavy atom. The van der Waals surface area contributed by atoms with Gasteiger partial charge in [-0.3, -0.25) is 9.36 Å². The van der Waals surface area contributed by atoms with Crippen LogP contribution >= 0.6 is 0 Å². The monoisotopic (exact) mass is 272 g/mol. The molecule has 1 aromatic heterocycles. The summed E-state index contributed by atoms with van der Waals surface area (Å²) in [6, 6.07) is 8.28. The van der Waals surface area contributed by atoms with Gasteiger partial charge in [0.15, 0.2) is 0 Å². The van der Waals surface area contributed by atoms with E-state index in [-0.39, 0.29) is 12.2 Å². The summed E-state index contributed by atoms with van der Waals surface area (Å²) < 4.78 is 7.03. The van der Waals surface area contributed by atoms with E-state index in [4.69, 9.17) is 10.00 Å². The van der Waals surface area contributed by atoms with Crippen molar-refractivity contribution in [3.63, 3.8) is 0 Å². The summed E-state index contributed by atoms with van der Waals surface area (Å²) in [5.41, 5.74) is -1.12. The van der Waals surface area contributed by atoms with Gasteiger partial charge in [-0.25, -0.2) is 4.79 Å². The molecule has 0 atom stereocenters. The molecule has 0 saturated heterocycles. The van der Waals surface area contributed by atoms with Crippen LogP contribution in [-0.2, 0) is 6.54 Å². The Hall–Kier alpha value is -2.88. The van der Waals surface area contributed by atoms with Gasteiger partial charge >= 0.3 is 5.69 Å². The predicted molar refractivity (Wildman–Crippen MR) is 71.0 cm³/mol. The first kappa shape index (κ1) is 13.5. The highest BCUT2D eigenvalue weighted by molar-refractivity contribution is 5.36. The minimum atomic E-state index is -0.676. The molecule has 0 aliphatic carbocycles. The topological polar surface area (TPSA) is 89.9 Å². The maximum atomic E-state index is 12.2. The van der Waals surface area contributed by atoms with Crippen molar-refractivity contribution in [3.05, 3.63) is 50.8 Å². The lowest BCUT2D eigenvalue weighted by molar-refractivity contribution is 0.414. The Morgan fingerprint density at radius 3 is 2.45 bits per heavy atom. The zero-order valence-electron chi connectivity index (χ0n) is 11.0. The fourth-order valence-electron chi connectivity index (χ4n) is 1.76. The molecule has 102 valence electrons. The Bertz CT molecular complexity index is 781. The minimum absolute atomic E-state index is 0.172. The van der Waals surface area contributed by atoms with Crippen molar-refractivity contribution >= 4 is 0 Å². The number of hydrogen-bond acceptors (Lipinski definition) is 5. The number of aromatic nitrogens is 3. The fraction of sp³-hybridized carbons (Fsp3) is 0.231. The average molecular weight is 272 g/mol. The summed E-state index contributed by atoms with van der Waals surface area (Å²) in [6.45, 7) is 1.83. The molecule has 0 N–H and O–H groups in total.